The average Bonchev–Trinajstić information content (AvgIpc) is 3.23. The van der Waals surface area contributed by atoms with Crippen molar-refractivity contribution in [2.24, 2.45) is 0 Å². The molecule has 1 aliphatic heterocycles. The van der Waals surface area contributed by atoms with Crippen LogP contribution in [-0.4, -0.2) is 35.6 Å². The number of aryl methyl sites for hydroxylation is 1. The smallest absolute Gasteiger partial charge is 0.338 e. The van der Waals surface area contributed by atoms with E-state index >= 15 is 0 Å². The van der Waals surface area contributed by atoms with Gasteiger partial charge in [-0.1, -0.05) is 17.7 Å². The van der Waals surface area contributed by atoms with E-state index in [1.807, 2.05) is 19.9 Å². The van der Waals surface area contributed by atoms with Crippen LogP contribution in [0, 0.1) is 13.8 Å². The molecule has 0 aliphatic carbocycles. The Hall–Kier alpha value is -2.11. The first-order valence-corrected chi connectivity index (χ1v) is 9.07. The molecule has 1 aromatic heterocycles. The average molecular weight is 376 g/mol. The fourth-order valence-electron chi connectivity index (χ4n) is 3.26. The van der Waals surface area contributed by atoms with Gasteiger partial charge in [-0.25, -0.2) is 4.79 Å². The fourth-order valence-corrected chi connectivity index (χ4v) is 3.45. The van der Waals surface area contributed by atoms with E-state index in [-0.39, 0.29) is 18.5 Å². The van der Waals surface area contributed by atoms with Crippen molar-refractivity contribution in [2.45, 2.75) is 39.3 Å². The van der Waals surface area contributed by atoms with Crippen molar-refractivity contribution in [3.05, 3.63) is 57.9 Å². The fraction of sp³-hybridized carbons (Fsp3) is 0.400. The number of hydrogen-bond acceptors (Lipinski definition) is 4. The lowest BCUT2D eigenvalue weighted by Gasteiger charge is -2.14. The van der Waals surface area contributed by atoms with Gasteiger partial charge in [0.15, 0.2) is 6.61 Å². The van der Waals surface area contributed by atoms with Crippen molar-refractivity contribution in [2.75, 3.05) is 13.2 Å². The van der Waals surface area contributed by atoms with E-state index in [9.17, 15) is 9.59 Å². The highest BCUT2D eigenvalue weighted by atomic mass is 35.5. The van der Waals surface area contributed by atoms with Gasteiger partial charge in [-0.2, -0.15) is 0 Å². The number of hydrogen-bond donors (Lipinski definition) is 0. The maximum atomic E-state index is 12.5. The molecule has 2 heterocycles. The summed E-state index contributed by atoms with van der Waals surface area (Å²) in [4.78, 5) is 24.6. The summed E-state index contributed by atoms with van der Waals surface area (Å²) >= 11 is 5.87. The number of rotatable bonds is 6. The van der Waals surface area contributed by atoms with Crippen molar-refractivity contribution >= 4 is 23.4 Å². The summed E-state index contributed by atoms with van der Waals surface area (Å²) in [5.41, 5.74) is 2.79. The van der Waals surface area contributed by atoms with Crippen LogP contribution >= 0.6 is 11.6 Å². The standard InChI is InChI=1S/C20H22ClNO4/c1-13-9-18(14(2)22(13)11-17-7-4-8-25-17)19(23)12-26-20(24)15-5-3-6-16(21)10-15/h3,5-6,9-10,17H,4,7-8,11-12H2,1-2H3/t17-/m0/s1. The number of esters is 1. The summed E-state index contributed by atoms with van der Waals surface area (Å²) in [7, 11) is 0. The molecule has 0 amide bonds. The molecule has 3 rings (SSSR count). The Balaban J connectivity index is 1.65. The number of aromatic nitrogens is 1. The Kier molecular flexibility index (Phi) is 5.79. The summed E-state index contributed by atoms with van der Waals surface area (Å²) in [6.45, 7) is 5.13. The summed E-state index contributed by atoms with van der Waals surface area (Å²) in [6, 6.07) is 8.31. The third-order valence-electron chi connectivity index (χ3n) is 4.68. The van der Waals surface area contributed by atoms with Crippen molar-refractivity contribution < 1.29 is 19.1 Å². The molecule has 26 heavy (non-hydrogen) atoms. The van der Waals surface area contributed by atoms with Crippen molar-refractivity contribution in [1.82, 2.24) is 4.57 Å². The lowest BCUT2D eigenvalue weighted by Crippen LogP contribution is -2.18. The number of nitrogens with zero attached hydrogens (tertiary/aromatic N) is 1. The predicted octanol–water partition coefficient (Wildman–Crippen LogP) is 3.98. The van der Waals surface area contributed by atoms with Gasteiger partial charge in [-0.05, 0) is 51.0 Å². The molecule has 0 unspecified atom stereocenters. The van der Waals surface area contributed by atoms with E-state index in [1.54, 1.807) is 18.2 Å². The van der Waals surface area contributed by atoms with Gasteiger partial charge >= 0.3 is 5.97 Å². The van der Waals surface area contributed by atoms with E-state index < -0.39 is 5.97 Å². The number of ether oxygens (including phenoxy) is 2. The minimum Gasteiger partial charge on any atom is -0.454 e. The third kappa shape index (κ3) is 4.17. The predicted molar refractivity (Wildman–Crippen MR) is 98.9 cm³/mol. The number of carbonyl (C=O) groups is 2. The second kappa shape index (κ2) is 8.06. The highest BCUT2D eigenvalue weighted by molar-refractivity contribution is 6.30. The van der Waals surface area contributed by atoms with E-state index in [2.05, 4.69) is 4.57 Å². The van der Waals surface area contributed by atoms with Crippen molar-refractivity contribution in [3.63, 3.8) is 0 Å². The molecule has 0 N–H and O–H groups in total. The number of Topliss-reactive ketones (excluding diaryl/α,β-unsaturated/α-hetero) is 1. The second-order valence-corrected chi connectivity index (χ2v) is 6.98. The molecule has 1 aliphatic rings. The van der Waals surface area contributed by atoms with E-state index in [0.29, 0.717) is 16.1 Å². The maximum absolute atomic E-state index is 12.5. The highest BCUT2D eigenvalue weighted by Crippen LogP contribution is 2.21. The Morgan fingerprint density at radius 3 is 2.81 bits per heavy atom. The van der Waals surface area contributed by atoms with Crippen LogP contribution < -0.4 is 0 Å². The first-order valence-electron chi connectivity index (χ1n) is 8.70. The van der Waals surface area contributed by atoms with Gasteiger partial charge < -0.3 is 14.0 Å². The zero-order valence-electron chi connectivity index (χ0n) is 15.0. The Bertz CT molecular complexity index is 821. The number of halogens is 1. The Morgan fingerprint density at radius 1 is 1.31 bits per heavy atom. The zero-order chi connectivity index (χ0) is 18.7. The summed E-state index contributed by atoms with van der Waals surface area (Å²) in [5.74, 6) is -0.777. The third-order valence-corrected chi connectivity index (χ3v) is 4.91. The van der Waals surface area contributed by atoms with Crippen LogP contribution in [0.5, 0.6) is 0 Å². The molecular weight excluding hydrogens is 354 g/mol. The second-order valence-electron chi connectivity index (χ2n) is 6.54. The van der Waals surface area contributed by atoms with Crippen LogP contribution in [0.2, 0.25) is 5.02 Å². The first kappa shape index (κ1) is 18.7. The number of benzene rings is 1. The van der Waals surface area contributed by atoms with E-state index in [0.717, 1.165) is 37.4 Å². The van der Waals surface area contributed by atoms with Crippen molar-refractivity contribution in [3.8, 4) is 0 Å². The molecule has 5 nitrogen and oxygen atoms in total. The van der Waals surface area contributed by atoms with Gasteiger partial charge in [0.05, 0.1) is 11.7 Å². The highest BCUT2D eigenvalue weighted by Gasteiger charge is 2.21. The van der Waals surface area contributed by atoms with Gasteiger partial charge in [-0.15, -0.1) is 0 Å². The molecule has 138 valence electrons. The zero-order valence-corrected chi connectivity index (χ0v) is 15.7. The monoisotopic (exact) mass is 375 g/mol. The molecule has 0 radical (unpaired) electrons. The lowest BCUT2D eigenvalue weighted by atomic mass is 10.1. The van der Waals surface area contributed by atoms with Crippen LogP contribution in [0.4, 0.5) is 0 Å². The molecule has 2 aromatic rings. The van der Waals surface area contributed by atoms with Gasteiger partial charge in [-0.3, -0.25) is 4.79 Å². The minimum atomic E-state index is -0.561. The molecule has 0 bridgehead atoms. The summed E-state index contributed by atoms with van der Waals surface area (Å²) in [6.07, 6.45) is 2.32. The minimum absolute atomic E-state index is 0.198. The number of carbonyl (C=O) groups excluding carboxylic acids is 2. The molecule has 1 fully saturated rings. The van der Waals surface area contributed by atoms with Crippen molar-refractivity contribution in [1.29, 1.82) is 0 Å². The summed E-state index contributed by atoms with van der Waals surface area (Å²) < 4.78 is 12.9. The van der Waals surface area contributed by atoms with Gasteiger partial charge in [0.1, 0.15) is 0 Å². The largest absolute Gasteiger partial charge is 0.454 e. The van der Waals surface area contributed by atoms with Crippen LogP contribution in [-0.2, 0) is 16.0 Å². The first-order chi connectivity index (χ1) is 12.5. The Labute approximate surface area is 157 Å². The van der Waals surface area contributed by atoms with Crippen LogP contribution in [0.25, 0.3) is 0 Å². The quantitative estimate of drug-likeness (QED) is 0.566. The van der Waals surface area contributed by atoms with Crippen LogP contribution in [0.15, 0.2) is 30.3 Å². The maximum Gasteiger partial charge on any atom is 0.338 e. The summed E-state index contributed by atoms with van der Waals surface area (Å²) in [5, 5.41) is 0.448. The van der Waals surface area contributed by atoms with E-state index in [1.165, 1.54) is 6.07 Å². The normalized spacial score (nSPS) is 16.7. The molecule has 0 spiro atoms. The molecule has 1 saturated heterocycles. The van der Waals surface area contributed by atoms with Gasteiger partial charge in [0.25, 0.3) is 0 Å². The van der Waals surface area contributed by atoms with Crippen LogP contribution in [0.1, 0.15) is 44.9 Å². The van der Waals surface area contributed by atoms with Crippen LogP contribution in [0.3, 0.4) is 0 Å². The number of ketones is 1. The molecule has 1 aromatic carbocycles. The molecule has 1 atom stereocenters. The van der Waals surface area contributed by atoms with Gasteiger partial charge in [0, 0.05) is 35.1 Å². The lowest BCUT2D eigenvalue weighted by molar-refractivity contribution is 0.0474. The Morgan fingerprint density at radius 2 is 2.12 bits per heavy atom. The molecular formula is C20H22ClNO4. The molecule has 0 saturated carbocycles. The van der Waals surface area contributed by atoms with E-state index in [4.69, 9.17) is 21.1 Å². The topological polar surface area (TPSA) is 57.5 Å². The molecule has 6 heteroatoms. The SMILES string of the molecule is Cc1cc(C(=O)COC(=O)c2cccc(Cl)c2)c(C)n1C[C@@H]1CCCO1. The van der Waals surface area contributed by atoms with Gasteiger partial charge in [0.2, 0.25) is 5.78 Å².